The Hall–Kier alpha value is -3.25. The molecule has 0 amide bonds. The highest BCUT2D eigenvalue weighted by atomic mass is 32.1. The molecule has 5 nitrogen and oxygen atoms in total. The van der Waals surface area contributed by atoms with Crippen molar-refractivity contribution in [2.24, 2.45) is 4.99 Å². The van der Waals surface area contributed by atoms with Gasteiger partial charge < -0.3 is 4.90 Å². The van der Waals surface area contributed by atoms with E-state index in [4.69, 9.17) is 0 Å². The Bertz CT molecular complexity index is 1310. The van der Waals surface area contributed by atoms with Gasteiger partial charge in [-0.2, -0.15) is 0 Å². The molecule has 0 saturated carbocycles. The Labute approximate surface area is 178 Å². The van der Waals surface area contributed by atoms with E-state index >= 15 is 0 Å². The zero-order valence-corrected chi connectivity index (χ0v) is 18.2. The van der Waals surface area contributed by atoms with E-state index < -0.39 is 6.04 Å². The summed E-state index contributed by atoms with van der Waals surface area (Å²) in [4.78, 5) is 33.1. The van der Waals surface area contributed by atoms with Crippen molar-refractivity contribution < 1.29 is 4.79 Å². The quantitative estimate of drug-likeness (QED) is 0.656. The number of rotatable bonds is 4. The number of Topliss-reactive ketones (excluding diaryl/α,β-unsaturated/α-hetero) is 1. The van der Waals surface area contributed by atoms with E-state index in [9.17, 15) is 9.59 Å². The van der Waals surface area contributed by atoms with Crippen LogP contribution in [0.5, 0.6) is 0 Å². The van der Waals surface area contributed by atoms with Gasteiger partial charge in [0, 0.05) is 31.1 Å². The Morgan fingerprint density at radius 3 is 2.37 bits per heavy atom. The second-order valence-corrected chi connectivity index (χ2v) is 8.54. The van der Waals surface area contributed by atoms with Crippen molar-refractivity contribution in [2.45, 2.75) is 19.9 Å². The Balaban J connectivity index is 1.91. The van der Waals surface area contributed by atoms with Gasteiger partial charge >= 0.3 is 0 Å². The Morgan fingerprint density at radius 1 is 1.10 bits per heavy atom. The van der Waals surface area contributed by atoms with E-state index in [2.05, 4.69) is 4.99 Å². The fourth-order valence-electron chi connectivity index (χ4n) is 3.74. The maximum absolute atomic E-state index is 13.4. The monoisotopic (exact) mass is 417 g/mol. The lowest BCUT2D eigenvalue weighted by Gasteiger charge is -2.24. The summed E-state index contributed by atoms with van der Waals surface area (Å²) in [6.45, 7) is 3.37. The zero-order chi connectivity index (χ0) is 21.4. The van der Waals surface area contributed by atoms with Crippen LogP contribution < -0.4 is 19.8 Å². The number of hydrogen-bond acceptors (Lipinski definition) is 5. The molecule has 3 aromatic rings. The van der Waals surface area contributed by atoms with E-state index in [1.54, 1.807) is 4.57 Å². The Morgan fingerprint density at radius 2 is 1.77 bits per heavy atom. The minimum Gasteiger partial charge on any atom is -0.378 e. The van der Waals surface area contributed by atoms with Gasteiger partial charge in [-0.15, -0.1) is 0 Å². The highest BCUT2D eigenvalue weighted by Gasteiger charge is 2.30. The highest BCUT2D eigenvalue weighted by molar-refractivity contribution is 7.07. The van der Waals surface area contributed by atoms with Crippen LogP contribution in [0.3, 0.4) is 0 Å². The van der Waals surface area contributed by atoms with Crippen LogP contribution in [0.2, 0.25) is 0 Å². The molecule has 30 heavy (non-hydrogen) atoms. The lowest BCUT2D eigenvalue weighted by Crippen LogP contribution is -2.39. The number of fused-ring (bicyclic) bond motifs is 1. The minimum atomic E-state index is -0.460. The van der Waals surface area contributed by atoms with Crippen LogP contribution in [0, 0.1) is 0 Å². The molecule has 1 aliphatic heterocycles. The fourth-order valence-corrected chi connectivity index (χ4v) is 4.79. The molecule has 1 aliphatic rings. The summed E-state index contributed by atoms with van der Waals surface area (Å²) in [6.07, 6.45) is 1.89. The summed E-state index contributed by atoms with van der Waals surface area (Å²) in [5.74, 6) is -0.0707. The second kappa shape index (κ2) is 7.88. The molecule has 2 heterocycles. The summed E-state index contributed by atoms with van der Waals surface area (Å²) < 4.78 is 2.26. The number of ketones is 1. The normalized spacial score (nSPS) is 16.3. The molecular formula is C24H23N3O2S. The summed E-state index contributed by atoms with van der Waals surface area (Å²) in [7, 11) is 3.98. The molecule has 0 aliphatic carbocycles. The number of carbonyl (C=O) groups excluding carboxylic acids is 1. The molecule has 2 aromatic carbocycles. The first-order chi connectivity index (χ1) is 14.4. The van der Waals surface area contributed by atoms with Crippen molar-refractivity contribution in [3.05, 3.63) is 96.7 Å². The van der Waals surface area contributed by atoms with Crippen molar-refractivity contribution in [1.82, 2.24) is 4.57 Å². The maximum Gasteiger partial charge on any atom is 0.271 e. The van der Waals surface area contributed by atoms with Gasteiger partial charge in [-0.3, -0.25) is 14.2 Å². The van der Waals surface area contributed by atoms with Crippen LogP contribution in [0.4, 0.5) is 5.69 Å². The van der Waals surface area contributed by atoms with Gasteiger partial charge in [0.15, 0.2) is 10.6 Å². The maximum atomic E-state index is 13.4. The third-order valence-electron chi connectivity index (χ3n) is 5.22. The van der Waals surface area contributed by atoms with Gasteiger partial charge in [-0.1, -0.05) is 53.8 Å². The van der Waals surface area contributed by atoms with Crippen LogP contribution in [0.25, 0.3) is 6.08 Å². The molecule has 0 bridgehead atoms. The first kappa shape index (κ1) is 20.0. The van der Waals surface area contributed by atoms with Crippen LogP contribution in [0.15, 0.2) is 75.7 Å². The predicted octanol–water partition coefficient (Wildman–Crippen LogP) is 2.89. The predicted molar refractivity (Wildman–Crippen MR) is 122 cm³/mol. The number of benzene rings is 2. The number of allylic oxidation sites excluding steroid dienone is 2. The van der Waals surface area contributed by atoms with Crippen molar-refractivity contribution in [1.29, 1.82) is 0 Å². The molecule has 0 N–H and O–H groups in total. The third-order valence-corrected chi connectivity index (χ3v) is 6.21. The van der Waals surface area contributed by atoms with Gasteiger partial charge in [0.1, 0.15) is 0 Å². The molecule has 1 atom stereocenters. The number of thiazole rings is 1. The molecule has 0 fully saturated rings. The smallest absolute Gasteiger partial charge is 0.271 e. The molecule has 0 spiro atoms. The molecule has 0 unspecified atom stereocenters. The number of anilines is 1. The average Bonchev–Trinajstić information content (AvgIpc) is 3.02. The van der Waals surface area contributed by atoms with Gasteiger partial charge in [-0.05, 0) is 43.2 Å². The minimum absolute atomic E-state index is 0.0707. The second-order valence-electron chi connectivity index (χ2n) is 7.53. The molecule has 6 heteroatoms. The molecular weight excluding hydrogens is 394 g/mol. The summed E-state index contributed by atoms with van der Waals surface area (Å²) in [5, 5.41) is 0. The molecule has 0 radical (unpaired) electrons. The van der Waals surface area contributed by atoms with Gasteiger partial charge in [0.25, 0.3) is 5.56 Å². The van der Waals surface area contributed by atoms with E-state index in [0.717, 1.165) is 16.8 Å². The highest BCUT2D eigenvalue weighted by Crippen LogP contribution is 2.29. The van der Waals surface area contributed by atoms with E-state index in [0.29, 0.717) is 20.6 Å². The summed E-state index contributed by atoms with van der Waals surface area (Å²) >= 11 is 1.36. The van der Waals surface area contributed by atoms with Crippen molar-refractivity contribution in [2.75, 3.05) is 19.0 Å². The first-order valence-corrected chi connectivity index (χ1v) is 10.5. The van der Waals surface area contributed by atoms with Gasteiger partial charge in [0.05, 0.1) is 10.6 Å². The fraction of sp³-hybridized carbons (Fsp3) is 0.208. The molecule has 1 aromatic heterocycles. The standard InChI is InChI=1S/C24H23N3O2S/c1-15-21(16(2)28)22(18-8-6-5-7-9-18)27-23(29)20(30-24(27)25-15)14-17-10-12-19(13-11-17)26(3)4/h5-14,22H,1-4H3/b20-14-/t22-/m0/s1. The SMILES string of the molecule is CC(=O)C1=C(C)N=c2s/c(=C\c3ccc(N(C)C)cc3)c(=O)n2[C@H]1c1ccccc1. The first-order valence-electron chi connectivity index (χ1n) is 9.72. The van der Waals surface area contributed by atoms with Gasteiger partial charge in [0.2, 0.25) is 0 Å². The van der Waals surface area contributed by atoms with E-state index in [-0.39, 0.29) is 11.3 Å². The molecule has 0 saturated heterocycles. The van der Waals surface area contributed by atoms with Crippen molar-refractivity contribution in [3.63, 3.8) is 0 Å². The average molecular weight is 418 g/mol. The van der Waals surface area contributed by atoms with Crippen molar-refractivity contribution >= 4 is 28.9 Å². The topological polar surface area (TPSA) is 54.7 Å². The summed E-state index contributed by atoms with van der Waals surface area (Å²) in [6, 6.07) is 17.2. The number of hydrogen-bond donors (Lipinski definition) is 0. The van der Waals surface area contributed by atoms with E-state index in [1.807, 2.05) is 86.6 Å². The van der Waals surface area contributed by atoms with Crippen LogP contribution in [0.1, 0.15) is 31.0 Å². The summed E-state index contributed by atoms with van der Waals surface area (Å²) in [5.41, 5.74) is 4.05. The number of nitrogens with zero attached hydrogens (tertiary/aromatic N) is 3. The van der Waals surface area contributed by atoms with Crippen LogP contribution in [-0.2, 0) is 4.79 Å². The Kier molecular flexibility index (Phi) is 5.26. The molecule has 152 valence electrons. The lowest BCUT2D eigenvalue weighted by molar-refractivity contribution is -0.114. The number of carbonyl (C=O) groups is 1. The molecule has 4 rings (SSSR count). The van der Waals surface area contributed by atoms with Gasteiger partial charge in [-0.25, -0.2) is 4.99 Å². The zero-order valence-electron chi connectivity index (χ0n) is 17.4. The van der Waals surface area contributed by atoms with Crippen molar-refractivity contribution in [3.8, 4) is 0 Å². The van der Waals surface area contributed by atoms with Crippen LogP contribution in [-0.4, -0.2) is 24.4 Å². The number of aromatic nitrogens is 1. The van der Waals surface area contributed by atoms with Crippen LogP contribution >= 0.6 is 11.3 Å². The lowest BCUT2D eigenvalue weighted by atomic mass is 9.93. The largest absolute Gasteiger partial charge is 0.378 e. The third kappa shape index (κ3) is 3.55. The van der Waals surface area contributed by atoms with E-state index in [1.165, 1.54) is 18.3 Å².